The molecule has 1 amide bonds. The van der Waals surface area contributed by atoms with E-state index in [0.717, 1.165) is 29.8 Å². The Morgan fingerprint density at radius 1 is 1.10 bits per heavy atom. The number of benzene rings is 2. The zero-order valence-electron chi connectivity index (χ0n) is 17.1. The molecule has 0 radical (unpaired) electrons. The average molecular weight is 405 g/mol. The highest BCUT2D eigenvalue weighted by atomic mass is 19.1. The molecule has 1 N–H and O–H groups in total. The third kappa shape index (κ3) is 4.19. The van der Waals surface area contributed by atoms with Crippen LogP contribution in [0.4, 0.5) is 10.1 Å². The average Bonchev–Trinajstić information content (AvgIpc) is 3.04. The maximum atomic E-state index is 13.5. The summed E-state index contributed by atoms with van der Waals surface area (Å²) in [4.78, 5) is 26.7. The summed E-state index contributed by atoms with van der Waals surface area (Å²) in [6.45, 7) is 3.74. The summed E-state index contributed by atoms with van der Waals surface area (Å²) in [6.07, 6.45) is 0.828. The van der Waals surface area contributed by atoms with Gasteiger partial charge in [-0.2, -0.15) is 0 Å². The number of hydrogen-bond acceptors (Lipinski definition) is 3. The Kier molecular flexibility index (Phi) is 5.50. The molecule has 0 bridgehead atoms. The van der Waals surface area contributed by atoms with Crippen LogP contribution in [0, 0.1) is 5.82 Å². The van der Waals surface area contributed by atoms with Crippen molar-refractivity contribution in [2.45, 2.75) is 26.4 Å². The lowest BCUT2D eigenvalue weighted by atomic mass is 10.1. The van der Waals surface area contributed by atoms with Crippen molar-refractivity contribution < 1.29 is 14.0 Å². The summed E-state index contributed by atoms with van der Waals surface area (Å²) >= 11 is 0. The van der Waals surface area contributed by atoms with Gasteiger partial charge in [0.2, 0.25) is 0 Å². The minimum absolute atomic E-state index is 0.0428. The lowest BCUT2D eigenvalue weighted by Crippen LogP contribution is -2.30. The lowest BCUT2D eigenvalue weighted by Gasteiger charge is -2.27. The minimum Gasteiger partial charge on any atom is -0.343 e. The van der Waals surface area contributed by atoms with E-state index in [9.17, 15) is 14.0 Å². The second-order valence-corrected chi connectivity index (χ2v) is 7.74. The van der Waals surface area contributed by atoms with Gasteiger partial charge in [-0.15, -0.1) is 0 Å². The first-order valence-electron chi connectivity index (χ1n) is 9.97. The van der Waals surface area contributed by atoms with Gasteiger partial charge < -0.3 is 9.88 Å². The summed E-state index contributed by atoms with van der Waals surface area (Å²) in [5.74, 6) is -0.471. The number of nitrogens with zero attached hydrogens (tertiary/aromatic N) is 2. The molecule has 3 aromatic rings. The van der Waals surface area contributed by atoms with Crippen LogP contribution in [0.1, 0.15) is 44.6 Å². The van der Waals surface area contributed by atoms with Gasteiger partial charge in [0.15, 0.2) is 5.78 Å². The normalized spacial score (nSPS) is 13.7. The van der Waals surface area contributed by atoms with Gasteiger partial charge in [0.1, 0.15) is 11.5 Å². The van der Waals surface area contributed by atoms with Crippen LogP contribution in [0.3, 0.4) is 0 Å². The van der Waals surface area contributed by atoms with E-state index in [2.05, 4.69) is 10.2 Å². The summed E-state index contributed by atoms with van der Waals surface area (Å²) in [7, 11) is 1.90. The van der Waals surface area contributed by atoms with Gasteiger partial charge >= 0.3 is 0 Å². The molecule has 0 unspecified atom stereocenters. The van der Waals surface area contributed by atoms with Crippen molar-refractivity contribution in [1.29, 1.82) is 0 Å². The van der Waals surface area contributed by atoms with E-state index >= 15 is 0 Å². The van der Waals surface area contributed by atoms with E-state index in [0.29, 0.717) is 30.0 Å². The zero-order valence-corrected chi connectivity index (χ0v) is 17.1. The molecule has 6 heteroatoms. The number of amides is 1. The Morgan fingerprint density at radius 2 is 1.90 bits per heavy atom. The number of carbonyl (C=O) groups is 2. The Bertz CT molecular complexity index is 1120. The molecular weight excluding hydrogens is 381 g/mol. The molecule has 30 heavy (non-hydrogen) atoms. The van der Waals surface area contributed by atoms with Gasteiger partial charge in [0, 0.05) is 50.0 Å². The van der Waals surface area contributed by atoms with Crippen molar-refractivity contribution >= 4 is 17.4 Å². The fraction of sp³-hybridized carbons (Fsp3) is 0.250. The van der Waals surface area contributed by atoms with Crippen molar-refractivity contribution in [2.75, 3.05) is 11.9 Å². The van der Waals surface area contributed by atoms with Gasteiger partial charge in [0.05, 0.1) is 0 Å². The molecule has 0 fully saturated rings. The van der Waals surface area contributed by atoms with Gasteiger partial charge in [-0.05, 0) is 48.4 Å². The summed E-state index contributed by atoms with van der Waals surface area (Å²) in [5, 5.41) is 2.89. The number of Topliss-reactive ketones (excluding diaryl/α,β-unsaturated/α-hetero) is 1. The molecular formula is C24H24FN3O2. The molecule has 2 aromatic carbocycles. The van der Waals surface area contributed by atoms with Gasteiger partial charge in [0.25, 0.3) is 5.91 Å². The third-order valence-electron chi connectivity index (χ3n) is 5.56. The standard InChI is InChI=1S/C24H24FN3O2/c1-16(29)18-6-4-8-21(12-18)26-24(30)23-13-19-15-28(10-9-22(19)27(23)2)14-17-5-3-7-20(25)11-17/h3-8,11-13H,9-10,14-15H2,1-2H3,(H,26,30). The summed E-state index contributed by atoms with van der Waals surface area (Å²) in [5.41, 5.74) is 4.95. The molecule has 5 nitrogen and oxygen atoms in total. The number of hydrogen-bond donors (Lipinski definition) is 1. The number of aromatic nitrogens is 1. The van der Waals surface area contributed by atoms with E-state index in [1.54, 1.807) is 36.4 Å². The third-order valence-corrected chi connectivity index (χ3v) is 5.56. The zero-order chi connectivity index (χ0) is 21.3. The van der Waals surface area contributed by atoms with Crippen LogP contribution in [0.5, 0.6) is 0 Å². The summed E-state index contributed by atoms with van der Waals surface area (Å²) < 4.78 is 15.4. The number of rotatable bonds is 5. The van der Waals surface area contributed by atoms with Crippen molar-refractivity contribution in [1.82, 2.24) is 9.47 Å². The van der Waals surface area contributed by atoms with Crippen LogP contribution in [-0.4, -0.2) is 27.7 Å². The van der Waals surface area contributed by atoms with Crippen molar-refractivity contribution in [3.05, 3.63) is 88.5 Å². The van der Waals surface area contributed by atoms with E-state index in [1.165, 1.54) is 13.0 Å². The van der Waals surface area contributed by atoms with Gasteiger partial charge in [-0.25, -0.2) is 4.39 Å². The fourth-order valence-corrected chi connectivity index (χ4v) is 4.01. The smallest absolute Gasteiger partial charge is 0.272 e. The molecule has 154 valence electrons. The number of carbonyl (C=O) groups excluding carboxylic acids is 2. The quantitative estimate of drug-likeness (QED) is 0.648. The molecule has 4 rings (SSSR count). The SMILES string of the molecule is CC(=O)c1cccc(NC(=O)c2cc3c(n2C)CCN(Cc2cccc(F)c2)C3)c1. The first kappa shape index (κ1) is 20.0. The number of anilines is 1. The predicted octanol–water partition coefficient (Wildman–Crippen LogP) is 4.18. The second-order valence-electron chi connectivity index (χ2n) is 7.74. The highest BCUT2D eigenvalue weighted by molar-refractivity contribution is 6.04. The van der Waals surface area contributed by atoms with E-state index in [4.69, 9.17) is 0 Å². The molecule has 0 saturated carbocycles. The second kappa shape index (κ2) is 8.24. The van der Waals surface area contributed by atoms with Crippen LogP contribution in [0.2, 0.25) is 0 Å². The van der Waals surface area contributed by atoms with Crippen molar-refractivity contribution in [3.63, 3.8) is 0 Å². The number of ketones is 1. The van der Waals surface area contributed by atoms with Crippen LogP contribution in [0.15, 0.2) is 54.6 Å². The molecule has 0 atom stereocenters. The van der Waals surface area contributed by atoms with Gasteiger partial charge in [-0.3, -0.25) is 14.5 Å². The van der Waals surface area contributed by atoms with Crippen LogP contribution >= 0.6 is 0 Å². The topological polar surface area (TPSA) is 54.3 Å². The maximum Gasteiger partial charge on any atom is 0.272 e. The summed E-state index contributed by atoms with van der Waals surface area (Å²) in [6, 6.07) is 15.5. The number of nitrogens with one attached hydrogen (secondary N) is 1. The number of halogens is 1. The molecule has 0 saturated heterocycles. The van der Waals surface area contributed by atoms with Crippen LogP contribution < -0.4 is 5.32 Å². The van der Waals surface area contributed by atoms with E-state index in [1.807, 2.05) is 23.7 Å². The fourth-order valence-electron chi connectivity index (χ4n) is 4.01. The molecule has 0 aliphatic carbocycles. The molecule has 2 heterocycles. The molecule has 1 aromatic heterocycles. The van der Waals surface area contributed by atoms with E-state index < -0.39 is 0 Å². The maximum absolute atomic E-state index is 13.5. The minimum atomic E-state index is -0.224. The van der Waals surface area contributed by atoms with Crippen LogP contribution in [0.25, 0.3) is 0 Å². The Balaban J connectivity index is 1.49. The molecule has 0 spiro atoms. The predicted molar refractivity (Wildman–Crippen MR) is 114 cm³/mol. The van der Waals surface area contributed by atoms with E-state index in [-0.39, 0.29) is 17.5 Å². The Labute approximate surface area is 175 Å². The Hall–Kier alpha value is -3.25. The largest absolute Gasteiger partial charge is 0.343 e. The first-order chi connectivity index (χ1) is 14.4. The molecule has 1 aliphatic heterocycles. The highest BCUT2D eigenvalue weighted by Crippen LogP contribution is 2.25. The first-order valence-corrected chi connectivity index (χ1v) is 9.97. The number of fused-ring (bicyclic) bond motifs is 1. The van der Waals surface area contributed by atoms with Crippen molar-refractivity contribution in [3.8, 4) is 0 Å². The van der Waals surface area contributed by atoms with Crippen molar-refractivity contribution in [2.24, 2.45) is 7.05 Å². The monoisotopic (exact) mass is 405 g/mol. The Morgan fingerprint density at radius 3 is 2.67 bits per heavy atom. The lowest BCUT2D eigenvalue weighted by molar-refractivity contribution is 0.100. The van der Waals surface area contributed by atoms with Gasteiger partial charge in [-0.1, -0.05) is 24.3 Å². The molecule has 1 aliphatic rings. The van der Waals surface area contributed by atoms with Crippen LogP contribution in [-0.2, 0) is 26.6 Å². The highest BCUT2D eigenvalue weighted by Gasteiger charge is 2.24.